The van der Waals surface area contributed by atoms with Crippen molar-refractivity contribution in [1.82, 2.24) is 5.32 Å². The highest BCUT2D eigenvalue weighted by Gasteiger charge is 2.26. The number of piperazine rings is 1. The molecule has 1 aliphatic rings. The third kappa shape index (κ3) is 2.89. The van der Waals surface area contributed by atoms with Crippen molar-refractivity contribution in [3.05, 3.63) is 29.3 Å². The van der Waals surface area contributed by atoms with Crippen LogP contribution in [0.25, 0.3) is 0 Å². The Balaban J connectivity index is 2.37. The summed E-state index contributed by atoms with van der Waals surface area (Å²) in [5, 5.41) is 12.1. The second-order valence-corrected chi connectivity index (χ2v) is 5.49. The number of nitrogens with one attached hydrogen (secondary N) is 1. The summed E-state index contributed by atoms with van der Waals surface area (Å²) in [5.74, 6) is 0.385. The lowest BCUT2D eigenvalue weighted by Crippen LogP contribution is -2.56. The lowest BCUT2D eigenvalue weighted by atomic mass is 9.96. The average molecular weight is 262 g/mol. The van der Waals surface area contributed by atoms with Crippen molar-refractivity contribution in [2.45, 2.75) is 32.7 Å². The molecule has 1 fully saturated rings. The van der Waals surface area contributed by atoms with Crippen LogP contribution in [-0.4, -0.2) is 36.8 Å². The van der Waals surface area contributed by atoms with Crippen LogP contribution in [0.1, 0.15) is 30.9 Å². The molecule has 104 valence electrons. The highest BCUT2D eigenvalue weighted by molar-refractivity contribution is 5.84. The van der Waals surface area contributed by atoms with Gasteiger partial charge in [-0.2, -0.15) is 0 Å². The Bertz CT molecular complexity index is 471. The Morgan fingerprint density at radius 1 is 1.47 bits per heavy atom. The molecular formula is C15H22N2O2. The Kier molecular flexibility index (Phi) is 4.10. The fourth-order valence-electron chi connectivity index (χ4n) is 2.68. The van der Waals surface area contributed by atoms with Crippen molar-refractivity contribution in [2.24, 2.45) is 0 Å². The molecule has 1 unspecified atom stereocenters. The van der Waals surface area contributed by atoms with E-state index in [9.17, 15) is 9.90 Å². The SMILES string of the molecule is Cc1cccc(C(C)C)c1N1CC(=O)NC(CO)C1. The van der Waals surface area contributed by atoms with Gasteiger partial charge in [0.15, 0.2) is 0 Å². The summed E-state index contributed by atoms with van der Waals surface area (Å²) in [6, 6.07) is 6.07. The molecule has 0 radical (unpaired) electrons. The Hall–Kier alpha value is -1.55. The van der Waals surface area contributed by atoms with E-state index in [1.165, 1.54) is 11.1 Å². The Morgan fingerprint density at radius 2 is 2.21 bits per heavy atom. The monoisotopic (exact) mass is 262 g/mol. The van der Waals surface area contributed by atoms with Crippen molar-refractivity contribution in [3.8, 4) is 0 Å². The number of rotatable bonds is 3. The van der Waals surface area contributed by atoms with Gasteiger partial charge in [0.05, 0.1) is 19.2 Å². The van der Waals surface area contributed by atoms with Gasteiger partial charge in [0.25, 0.3) is 0 Å². The van der Waals surface area contributed by atoms with Crippen LogP contribution in [0.3, 0.4) is 0 Å². The molecule has 1 heterocycles. The molecule has 2 N–H and O–H groups in total. The zero-order valence-electron chi connectivity index (χ0n) is 11.8. The smallest absolute Gasteiger partial charge is 0.239 e. The van der Waals surface area contributed by atoms with E-state index >= 15 is 0 Å². The van der Waals surface area contributed by atoms with Gasteiger partial charge in [-0.05, 0) is 24.0 Å². The van der Waals surface area contributed by atoms with E-state index in [1.54, 1.807) is 0 Å². The fourth-order valence-corrected chi connectivity index (χ4v) is 2.68. The molecule has 4 heteroatoms. The standard InChI is InChI=1S/C15H22N2O2/c1-10(2)13-6-4-5-11(3)15(13)17-7-12(9-18)16-14(19)8-17/h4-6,10,12,18H,7-9H2,1-3H3,(H,16,19). The summed E-state index contributed by atoms with van der Waals surface area (Å²) < 4.78 is 0. The number of carbonyl (C=O) groups excluding carboxylic acids is 1. The first kappa shape index (κ1) is 13.9. The van der Waals surface area contributed by atoms with Gasteiger partial charge in [-0.25, -0.2) is 0 Å². The molecule has 1 aliphatic heterocycles. The van der Waals surface area contributed by atoms with Crippen molar-refractivity contribution >= 4 is 11.6 Å². The minimum atomic E-state index is -0.180. The van der Waals surface area contributed by atoms with Crippen LogP contribution < -0.4 is 10.2 Å². The third-order valence-electron chi connectivity index (χ3n) is 3.57. The molecule has 0 spiro atoms. The molecule has 2 rings (SSSR count). The highest BCUT2D eigenvalue weighted by atomic mass is 16.3. The van der Waals surface area contributed by atoms with Crippen LogP contribution >= 0.6 is 0 Å². The summed E-state index contributed by atoms with van der Waals surface area (Å²) in [6.45, 7) is 7.39. The van der Waals surface area contributed by atoms with E-state index in [-0.39, 0.29) is 18.6 Å². The second kappa shape index (κ2) is 5.61. The highest BCUT2D eigenvalue weighted by Crippen LogP contribution is 2.31. The van der Waals surface area contributed by atoms with Gasteiger partial charge in [0.2, 0.25) is 5.91 Å². The van der Waals surface area contributed by atoms with Gasteiger partial charge in [-0.1, -0.05) is 32.0 Å². The van der Waals surface area contributed by atoms with Crippen molar-refractivity contribution in [3.63, 3.8) is 0 Å². The van der Waals surface area contributed by atoms with Gasteiger partial charge in [0.1, 0.15) is 0 Å². The largest absolute Gasteiger partial charge is 0.394 e. The minimum Gasteiger partial charge on any atom is -0.394 e. The number of benzene rings is 1. The molecule has 19 heavy (non-hydrogen) atoms. The molecular weight excluding hydrogens is 240 g/mol. The molecule has 1 amide bonds. The quantitative estimate of drug-likeness (QED) is 0.866. The van der Waals surface area contributed by atoms with Crippen molar-refractivity contribution in [1.29, 1.82) is 0 Å². The van der Waals surface area contributed by atoms with Crippen molar-refractivity contribution < 1.29 is 9.90 Å². The number of hydrogen-bond acceptors (Lipinski definition) is 3. The van der Waals surface area contributed by atoms with Gasteiger partial charge >= 0.3 is 0 Å². The Labute approximate surface area is 114 Å². The van der Waals surface area contributed by atoms with Gasteiger partial charge in [0, 0.05) is 12.2 Å². The zero-order valence-corrected chi connectivity index (χ0v) is 11.8. The van der Waals surface area contributed by atoms with Crippen LogP contribution in [-0.2, 0) is 4.79 Å². The average Bonchev–Trinajstić information content (AvgIpc) is 2.37. The number of anilines is 1. The molecule has 1 atom stereocenters. The lowest BCUT2D eigenvalue weighted by Gasteiger charge is -2.36. The number of aliphatic hydroxyl groups is 1. The predicted octanol–water partition coefficient (Wildman–Crippen LogP) is 1.42. The molecule has 0 aromatic heterocycles. The van der Waals surface area contributed by atoms with E-state index in [0.717, 1.165) is 5.69 Å². The van der Waals surface area contributed by atoms with E-state index in [2.05, 4.69) is 49.2 Å². The van der Waals surface area contributed by atoms with E-state index < -0.39 is 0 Å². The van der Waals surface area contributed by atoms with Gasteiger partial charge in [-0.15, -0.1) is 0 Å². The number of carbonyl (C=O) groups is 1. The fraction of sp³-hybridized carbons (Fsp3) is 0.533. The number of amides is 1. The van der Waals surface area contributed by atoms with E-state index in [0.29, 0.717) is 19.0 Å². The normalized spacial score (nSPS) is 19.7. The zero-order chi connectivity index (χ0) is 14.0. The van der Waals surface area contributed by atoms with E-state index in [4.69, 9.17) is 0 Å². The number of para-hydroxylation sites is 1. The van der Waals surface area contributed by atoms with Crippen LogP contribution in [0.2, 0.25) is 0 Å². The van der Waals surface area contributed by atoms with Crippen LogP contribution in [0.15, 0.2) is 18.2 Å². The first-order valence-electron chi connectivity index (χ1n) is 6.77. The molecule has 1 aromatic carbocycles. The van der Waals surface area contributed by atoms with E-state index in [1.807, 2.05) is 0 Å². The number of aryl methyl sites for hydroxylation is 1. The summed E-state index contributed by atoms with van der Waals surface area (Å²) in [5.41, 5.74) is 3.58. The van der Waals surface area contributed by atoms with Crippen LogP contribution in [0.4, 0.5) is 5.69 Å². The topological polar surface area (TPSA) is 52.6 Å². The molecule has 1 aromatic rings. The maximum atomic E-state index is 11.7. The number of hydrogen-bond donors (Lipinski definition) is 2. The maximum Gasteiger partial charge on any atom is 0.239 e. The molecule has 1 saturated heterocycles. The van der Waals surface area contributed by atoms with Crippen LogP contribution in [0.5, 0.6) is 0 Å². The second-order valence-electron chi connectivity index (χ2n) is 5.49. The van der Waals surface area contributed by atoms with Gasteiger partial charge < -0.3 is 15.3 Å². The third-order valence-corrected chi connectivity index (χ3v) is 3.57. The minimum absolute atomic E-state index is 0.0227. The maximum absolute atomic E-state index is 11.7. The predicted molar refractivity (Wildman–Crippen MR) is 76.5 cm³/mol. The molecule has 0 saturated carbocycles. The summed E-state index contributed by atoms with van der Waals surface area (Å²) in [6.07, 6.45) is 0. The summed E-state index contributed by atoms with van der Waals surface area (Å²) >= 11 is 0. The van der Waals surface area contributed by atoms with Gasteiger partial charge in [-0.3, -0.25) is 4.79 Å². The lowest BCUT2D eigenvalue weighted by molar-refractivity contribution is -0.121. The molecule has 4 nitrogen and oxygen atoms in total. The first-order chi connectivity index (χ1) is 9.02. The molecule has 0 bridgehead atoms. The summed E-state index contributed by atoms with van der Waals surface area (Å²) in [4.78, 5) is 13.8. The number of aliphatic hydroxyl groups excluding tert-OH is 1. The number of nitrogens with zero attached hydrogens (tertiary/aromatic N) is 1. The van der Waals surface area contributed by atoms with Crippen molar-refractivity contribution in [2.75, 3.05) is 24.6 Å². The van der Waals surface area contributed by atoms with Crippen LogP contribution in [0, 0.1) is 6.92 Å². The summed E-state index contributed by atoms with van der Waals surface area (Å²) in [7, 11) is 0. The first-order valence-corrected chi connectivity index (χ1v) is 6.77. The Morgan fingerprint density at radius 3 is 2.84 bits per heavy atom. The molecule has 0 aliphatic carbocycles.